The van der Waals surface area contributed by atoms with E-state index in [4.69, 9.17) is 4.74 Å². The number of imide groups is 1. The van der Waals surface area contributed by atoms with Gasteiger partial charge in [-0.05, 0) is 65.8 Å². The molecular weight excluding hydrogens is 398 g/mol. The summed E-state index contributed by atoms with van der Waals surface area (Å²) in [5.41, 5.74) is 1.59. The molecule has 31 heavy (non-hydrogen) atoms. The molecule has 2 fully saturated rings. The van der Waals surface area contributed by atoms with Gasteiger partial charge in [-0.3, -0.25) is 19.7 Å². The molecule has 1 aliphatic heterocycles. The van der Waals surface area contributed by atoms with Crippen molar-refractivity contribution in [3.63, 3.8) is 0 Å². The predicted molar refractivity (Wildman–Crippen MR) is 111 cm³/mol. The minimum absolute atomic E-state index is 0.0369. The number of benzene rings is 2. The first-order valence-corrected chi connectivity index (χ1v) is 10.1. The molecule has 5 rings (SSSR count). The number of carbonyl (C=O) groups is 2. The van der Waals surface area contributed by atoms with Crippen molar-refractivity contribution in [2.75, 3.05) is 0 Å². The lowest BCUT2D eigenvalue weighted by Gasteiger charge is -2.13. The summed E-state index contributed by atoms with van der Waals surface area (Å²) < 4.78 is 5.70. The number of hydrogen-bond acceptors (Lipinski definition) is 6. The minimum Gasteiger partial charge on any atom is -0.489 e. The molecule has 0 unspecified atom stereocenters. The molecule has 156 valence electrons. The fourth-order valence-corrected chi connectivity index (χ4v) is 4.66. The number of rotatable bonds is 6. The van der Waals surface area contributed by atoms with Crippen molar-refractivity contribution in [3.05, 3.63) is 81.9 Å². The standard InChI is InChI=1S/C23H19N3O5/c27-22-20-16-5-6-17(11-16)21(20)23(28)25(22)24-12-14-3-9-19(10-4-14)31-13-15-1-7-18(8-2-15)26(29)30/h1-10,12,16-17,20-21H,11,13H2/t16-,17-,20-,21+/m0/s1. The third kappa shape index (κ3) is 3.39. The molecule has 2 aromatic carbocycles. The lowest BCUT2D eigenvalue weighted by atomic mass is 9.85. The largest absolute Gasteiger partial charge is 0.489 e. The number of nitro benzene ring substituents is 1. The summed E-state index contributed by atoms with van der Waals surface area (Å²) in [6.07, 6.45) is 6.51. The van der Waals surface area contributed by atoms with Gasteiger partial charge in [-0.15, -0.1) is 0 Å². The maximum absolute atomic E-state index is 12.6. The van der Waals surface area contributed by atoms with Crippen molar-refractivity contribution >= 4 is 23.7 Å². The van der Waals surface area contributed by atoms with Gasteiger partial charge in [0.2, 0.25) is 0 Å². The molecule has 1 saturated carbocycles. The van der Waals surface area contributed by atoms with Gasteiger partial charge in [0.25, 0.3) is 17.5 Å². The van der Waals surface area contributed by atoms with Gasteiger partial charge in [-0.1, -0.05) is 12.2 Å². The molecule has 2 bridgehead atoms. The third-order valence-electron chi connectivity index (χ3n) is 6.20. The van der Waals surface area contributed by atoms with E-state index in [1.807, 2.05) is 0 Å². The Morgan fingerprint density at radius 1 is 1.00 bits per heavy atom. The predicted octanol–water partition coefficient (Wildman–Crippen LogP) is 3.31. The van der Waals surface area contributed by atoms with Crippen LogP contribution in [0.25, 0.3) is 0 Å². The van der Waals surface area contributed by atoms with Gasteiger partial charge in [0.05, 0.1) is 23.0 Å². The molecule has 1 heterocycles. The van der Waals surface area contributed by atoms with E-state index < -0.39 is 4.92 Å². The molecule has 8 nitrogen and oxygen atoms in total. The third-order valence-corrected chi connectivity index (χ3v) is 6.20. The fraction of sp³-hybridized carbons (Fsp3) is 0.261. The smallest absolute Gasteiger partial charge is 0.269 e. The molecule has 4 atom stereocenters. The molecule has 2 aromatic rings. The van der Waals surface area contributed by atoms with Crippen LogP contribution in [0, 0.1) is 33.8 Å². The summed E-state index contributed by atoms with van der Waals surface area (Å²) in [7, 11) is 0. The van der Waals surface area contributed by atoms with Crippen LogP contribution in [0.3, 0.4) is 0 Å². The van der Waals surface area contributed by atoms with Gasteiger partial charge in [0.15, 0.2) is 0 Å². The molecule has 0 spiro atoms. The van der Waals surface area contributed by atoms with Gasteiger partial charge in [0.1, 0.15) is 12.4 Å². The van der Waals surface area contributed by atoms with Crippen LogP contribution in [0.2, 0.25) is 0 Å². The van der Waals surface area contributed by atoms with E-state index in [1.165, 1.54) is 18.3 Å². The van der Waals surface area contributed by atoms with Crippen LogP contribution in [0.4, 0.5) is 5.69 Å². The maximum atomic E-state index is 12.6. The second-order valence-electron chi connectivity index (χ2n) is 8.01. The Hall–Kier alpha value is -3.81. The van der Waals surface area contributed by atoms with Crippen molar-refractivity contribution in [1.82, 2.24) is 5.01 Å². The van der Waals surface area contributed by atoms with Crippen LogP contribution in [0.1, 0.15) is 17.5 Å². The zero-order chi connectivity index (χ0) is 21.5. The van der Waals surface area contributed by atoms with Gasteiger partial charge in [0, 0.05) is 12.1 Å². The Morgan fingerprint density at radius 3 is 2.19 bits per heavy atom. The molecule has 1 saturated heterocycles. The zero-order valence-corrected chi connectivity index (χ0v) is 16.5. The quantitative estimate of drug-likeness (QED) is 0.236. The molecule has 3 aliphatic rings. The number of amides is 2. The Morgan fingerprint density at radius 2 is 1.61 bits per heavy atom. The Kier molecular flexibility index (Phi) is 4.62. The highest BCUT2D eigenvalue weighted by Gasteiger charge is 2.59. The first-order valence-electron chi connectivity index (χ1n) is 10.1. The lowest BCUT2D eigenvalue weighted by Crippen LogP contribution is -2.28. The number of hydrazone groups is 1. The van der Waals surface area contributed by atoms with Crippen LogP contribution in [-0.2, 0) is 16.2 Å². The summed E-state index contributed by atoms with van der Waals surface area (Å²) >= 11 is 0. The molecule has 8 heteroatoms. The number of carbonyl (C=O) groups excluding carboxylic acids is 2. The summed E-state index contributed by atoms with van der Waals surface area (Å²) in [5.74, 6) is 0.0423. The van der Waals surface area contributed by atoms with Crippen LogP contribution >= 0.6 is 0 Å². The topological polar surface area (TPSA) is 102 Å². The van der Waals surface area contributed by atoms with E-state index in [-0.39, 0.29) is 47.8 Å². The van der Waals surface area contributed by atoms with Gasteiger partial charge in [-0.25, -0.2) is 0 Å². The molecule has 0 radical (unpaired) electrons. The molecule has 2 aliphatic carbocycles. The number of hydrogen-bond donors (Lipinski definition) is 0. The van der Waals surface area contributed by atoms with Crippen LogP contribution in [0.5, 0.6) is 5.75 Å². The number of fused-ring (bicyclic) bond motifs is 5. The highest BCUT2D eigenvalue weighted by Crippen LogP contribution is 2.52. The highest BCUT2D eigenvalue weighted by molar-refractivity contribution is 6.06. The zero-order valence-electron chi connectivity index (χ0n) is 16.5. The minimum atomic E-state index is -0.443. The number of allylic oxidation sites excluding steroid dienone is 2. The number of nitrogens with zero attached hydrogens (tertiary/aromatic N) is 3. The second-order valence-corrected chi connectivity index (χ2v) is 8.01. The lowest BCUT2D eigenvalue weighted by molar-refractivity contribution is -0.384. The van der Waals surface area contributed by atoms with Gasteiger partial charge >= 0.3 is 0 Å². The number of non-ortho nitro benzene ring substituents is 1. The van der Waals surface area contributed by atoms with E-state index >= 15 is 0 Å². The van der Waals surface area contributed by atoms with Gasteiger partial charge in [-0.2, -0.15) is 10.1 Å². The Bertz CT molecular complexity index is 1080. The first-order chi connectivity index (χ1) is 15.0. The normalized spacial score (nSPS) is 26.1. The Labute approximate surface area is 178 Å². The van der Waals surface area contributed by atoms with Crippen LogP contribution < -0.4 is 4.74 Å². The van der Waals surface area contributed by atoms with E-state index in [1.54, 1.807) is 36.4 Å². The highest BCUT2D eigenvalue weighted by atomic mass is 16.6. The molecule has 0 aromatic heterocycles. The van der Waals surface area contributed by atoms with Crippen molar-refractivity contribution in [1.29, 1.82) is 0 Å². The van der Waals surface area contributed by atoms with Crippen molar-refractivity contribution in [2.24, 2.45) is 28.8 Å². The maximum Gasteiger partial charge on any atom is 0.269 e. The average Bonchev–Trinajstić information content (AvgIpc) is 3.46. The average molecular weight is 417 g/mol. The van der Waals surface area contributed by atoms with Gasteiger partial charge < -0.3 is 4.74 Å². The monoisotopic (exact) mass is 417 g/mol. The second kappa shape index (κ2) is 7.46. The first kappa shape index (κ1) is 19.2. The van der Waals surface area contributed by atoms with Crippen LogP contribution in [0.15, 0.2) is 65.8 Å². The fourth-order valence-electron chi connectivity index (χ4n) is 4.66. The SMILES string of the molecule is O=C1[C@@H]2[C@H](C(=O)N1N=Cc1ccc(OCc3ccc([N+](=O)[O-])cc3)cc1)[C@H]1C=C[C@H]2C1. The van der Waals surface area contributed by atoms with Crippen molar-refractivity contribution < 1.29 is 19.2 Å². The van der Waals surface area contributed by atoms with E-state index in [9.17, 15) is 19.7 Å². The number of ether oxygens (including phenoxy) is 1. The summed E-state index contributed by atoms with van der Waals surface area (Å²) in [5, 5.41) is 15.9. The van der Waals surface area contributed by atoms with Crippen molar-refractivity contribution in [2.45, 2.75) is 13.0 Å². The number of nitro groups is 1. The summed E-state index contributed by atoms with van der Waals surface area (Å²) in [4.78, 5) is 35.5. The molecule has 0 N–H and O–H groups in total. The summed E-state index contributed by atoms with van der Waals surface area (Å²) in [6.45, 7) is 0.279. The molecular formula is C23H19N3O5. The molecule has 2 amide bonds. The van der Waals surface area contributed by atoms with E-state index in [0.717, 1.165) is 22.6 Å². The van der Waals surface area contributed by atoms with Crippen molar-refractivity contribution in [3.8, 4) is 5.75 Å². The van der Waals surface area contributed by atoms with E-state index in [2.05, 4.69) is 17.3 Å². The Balaban J connectivity index is 1.20. The van der Waals surface area contributed by atoms with Crippen LogP contribution in [-0.4, -0.2) is 28.0 Å². The van der Waals surface area contributed by atoms with E-state index in [0.29, 0.717) is 5.75 Å². The summed E-state index contributed by atoms with van der Waals surface area (Å²) in [6, 6.07) is 13.3.